The standard InChI is InChI=1S/C33H43N5O6S/c1-19(2)29(27-16-28(36-44-27)37-13-11-24(12-14-37)33(42-5)43-6)32(41)38-17-25(39)15-26(38)31(40)35-20(3)22-7-9-23(10-8-22)30-21(4)34-18-45-30/h7-10,13,16,18-20,24-26,29,33,39H,11-12,14-15,17H2,1-6H3/p+1. The van der Waals surface area contributed by atoms with Crippen molar-refractivity contribution in [1.82, 2.24) is 20.4 Å². The van der Waals surface area contributed by atoms with E-state index < -0.39 is 18.1 Å². The van der Waals surface area contributed by atoms with E-state index in [0.29, 0.717) is 18.1 Å². The molecule has 3 aromatic rings. The first-order valence-electron chi connectivity index (χ1n) is 15.5. The highest BCUT2D eigenvalue weighted by Gasteiger charge is 2.44. The van der Waals surface area contributed by atoms with E-state index in [1.165, 1.54) is 4.90 Å². The Morgan fingerprint density at radius 2 is 1.91 bits per heavy atom. The predicted octanol–water partition coefficient (Wildman–Crippen LogP) is 4.43. The molecule has 2 amide bonds. The Labute approximate surface area is 268 Å². The molecular formula is C33H44N5O6S+. The van der Waals surface area contributed by atoms with Crippen LogP contribution in [0.5, 0.6) is 0 Å². The number of nitrogens with one attached hydrogen (secondary N) is 1. The number of rotatable bonds is 11. The molecule has 0 bridgehead atoms. The highest BCUT2D eigenvalue weighted by molar-refractivity contribution is 7.13. The summed E-state index contributed by atoms with van der Waals surface area (Å²) in [6.07, 6.45) is 2.79. The quantitative estimate of drug-likeness (QED) is 0.233. The average Bonchev–Trinajstić information content (AvgIpc) is 3.78. The molecule has 2 N–H and O–H groups in total. The van der Waals surface area contributed by atoms with Crippen LogP contribution in [0.1, 0.15) is 69.0 Å². The zero-order valence-corrected chi connectivity index (χ0v) is 27.6. The summed E-state index contributed by atoms with van der Waals surface area (Å²) < 4.78 is 18.6. The number of likely N-dealkylation sites (tertiary alicyclic amines) is 1. The number of carbonyl (C=O) groups excluding carboxylic acids is 2. The number of carbonyl (C=O) groups is 2. The molecule has 2 aromatic heterocycles. The van der Waals surface area contributed by atoms with E-state index in [1.54, 1.807) is 25.6 Å². The number of ether oxygens (including phenoxy) is 2. The van der Waals surface area contributed by atoms with Crippen molar-refractivity contribution >= 4 is 35.2 Å². The first-order chi connectivity index (χ1) is 21.6. The van der Waals surface area contributed by atoms with Crippen LogP contribution >= 0.6 is 11.3 Å². The molecule has 0 saturated carbocycles. The van der Waals surface area contributed by atoms with Crippen molar-refractivity contribution in [3.63, 3.8) is 0 Å². The second-order valence-electron chi connectivity index (χ2n) is 12.3. The van der Waals surface area contributed by atoms with Crippen LogP contribution in [0.2, 0.25) is 0 Å². The molecular weight excluding hydrogens is 594 g/mol. The summed E-state index contributed by atoms with van der Waals surface area (Å²) in [7, 11) is 3.29. The summed E-state index contributed by atoms with van der Waals surface area (Å²) in [4.78, 5) is 34.6. The van der Waals surface area contributed by atoms with Gasteiger partial charge in [-0.25, -0.2) is 9.56 Å². The molecule has 2 aliphatic rings. The smallest absolute Gasteiger partial charge is 0.373 e. The third kappa shape index (κ3) is 7.19. The Balaban J connectivity index is 1.27. The lowest BCUT2D eigenvalue weighted by Crippen LogP contribution is -2.48. The lowest BCUT2D eigenvalue weighted by Gasteiger charge is -2.29. The number of nitrogens with zero attached hydrogens (tertiary/aromatic N) is 4. The molecule has 11 nitrogen and oxygen atoms in total. The van der Waals surface area contributed by atoms with Gasteiger partial charge in [0.2, 0.25) is 11.8 Å². The zero-order chi connectivity index (χ0) is 32.2. The van der Waals surface area contributed by atoms with Gasteiger partial charge in [0.15, 0.2) is 17.2 Å². The molecule has 1 fully saturated rings. The number of aryl methyl sites for hydroxylation is 1. The van der Waals surface area contributed by atoms with E-state index in [2.05, 4.69) is 21.7 Å². The molecule has 12 heteroatoms. The zero-order valence-electron chi connectivity index (χ0n) is 26.8. The number of hydrogen-bond donors (Lipinski definition) is 2. The van der Waals surface area contributed by atoms with Crippen molar-refractivity contribution in [2.75, 3.05) is 27.3 Å². The summed E-state index contributed by atoms with van der Waals surface area (Å²) in [5.41, 5.74) is 4.84. The summed E-state index contributed by atoms with van der Waals surface area (Å²) in [6.45, 7) is 8.59. The topological polar surface area (TPSA) is 130 Å². The molecule has 2 aliphatic heterocycles. The number of β-amino-alcohol motifs (C(OH)–C–C–N with tert-alkyl or cyclic N) is 1. The van der Waals surface area contributed by atoms with Gasteiger partial charge in [-0.2, -0.15) is 0 Å². The highest BCUT2D eigenvalue weighted by atomic mass is 32.1. The van der Waals surface area contributed by atoms with Crippen LogP contribution < -0.4 is 5.32 Å². The van der Waals surface area contributed by atoms with Crippen LogP contribution in [0, 0.1) is 18.8 Å². The van der Waals surface area contributed by atoms with Crippen molar-refractivity contribution in [3.8, 4) is 10.4 Å². The van der Waals surface area contributed by atoms with Crippen LogP contribution in [-0.2, 0) is 19.1 Å². The molecule has 1 saturated heterocycles. The molecule has 4 heterocycles. The van der Waals surface area contributed by atoms with E-state index in [9.17, 15) is 14.7 Å². The first-order valence-corrected chi connectivity index (χ1v) is 16.4. The minimum atomic E-state index is -0.793. The maximum atomic E-state index is 14.0. The van der Waals surface area contributed by atoms with Gasteiger partial charge in [0, 0.05) is 39.5 Å². The molecule has 0 radical (unpaired) electrons. The molecule has 242 valence electrons. The normalized spacial score (nSPS) is 21.7. The van der Waals surface area contributed by atoms with Crippen LogP contribution in [-0.4, -0.2) is 88.5 Å². The summed E-state index contributed by atoms with van der Waals surface area (Å²) >= 11 is 1.60. The minimum absolute atomic E-state index is 0.0832. The van der Waals surface area contributed by atoms with Gasteiger partial charge in [0.05, 0.1) is 47.1 Å². The Morgan fingerprint density at radius 3 is 2.51 bits per heavy atom. The number of hydrogen-bond acceptors (Lipinski definition) is 9. The number of aliphatic hydroxyl groups excluding tert-OH is 1. The Morgan fingerprint density at radius 1 is 1.18 bits per heavy atom. The van der Waals surface area contributed by atoms with Crippen LogP contribution in [0.4, 0.5) is 5.82 Å². The summed E-state index contributed by atoms with van der Waals surface area (Å²) in [5, 5.41) is 17.9. The summed E-state index contributed by atoms with van der Waals surface area (Å²) in [5.74, 6) is -0.0150. The Kier molecular flexibility index (Phi) is 10.5. The molecule has 0 aliphatic carbocycles. The number of aliphatic hydroxyl groups is 1. The number of aromatic nitrogens is 2. The second kappa shape index (κ2) is 14.3. The molecule has 45 heavy (non-hydrogen) atoms. The van der Waals surface area contributed by atoms with E-state index in [4.69, 9.17) is 14.0 Å². The molecule has 5 rings (SSSR count). The summed E-state index contributed by atoms with van der Waals surface area (Å²) in [6, 6.07) is 8.78. The largest absolute Gasteiger partial charge is 0.391 e. The van der Waals surface area contributed by atoms with Crippen molar-refractivity contribution in [3.05, 3.63) is 52.9 Å². The van der Waals surface area contributed by atoms with Gasteiger partial charge >= 0.3 is 5.82 Å². The predicted molar refractivity (Wildman–Crippen MR) is 170 cm³/mol. The maximum Gasteiger partial charge on any atom is 0.373 e. The molecule has 1 aromatic carbocycles. The van der Waals surface area contributed by atoms with E-state index in [-0.39, 0.29) is 48.9 Å². The van der Waals surface area contributed by atoms with Crippen molar-refractivity contribution in [2.24, 2.45) is 11.8 Å². The van der Waals surface area contributed by atoms with Gasteiger partial charge in [0.25, 0.3) is 0 Å². The maximum absolute atomic E-state index is 14.0. The van der Waals surface area contributed by atoms with Gasteiger partial charge in [-0.05, 0) is 37.3 Å². The van der Waals surface area contributed by atoms with Crippen LogP contribution in [0.3, 0.4) is 0 Å². The SMILES string of the molecule is COC(OC)C1CC=[N+](c2cc(C(C(=O)N3CC(O)CC3C(=O)NC(C)c3ccc(-c4scnc4C)cc3)C(C)C)on2)CC1. The first kappa shape index (κ1) is 32.9. The van der Waals surface area contributed by atoms with E-state index >= 15 is 0 Å². The van der Waals surface area contributed by atoms with Crippen LogP contribution in [0.25, 0.3) is 10.4 Å². The monoisotopic (exact) mass is 638 g/mol. The number of methoxy groups -OCH3 is 2. The fourth-order valence-corrected chi connectivity index (χ4v) is 7.20. The van der Waals surface area contributed by atoms with Gasteiger partial charge in [-0.15, -0.1) is 11.3 Å². The van der Waals surface area contributed by atoms with Gasteiger partial charge in [-0.3, -0.25) is 14.1 Å². The van der Waals surface area contributed by atoms with Gasteiger partial charge < -0.3 is 24.8 Å². The second-order valence-corrected chi connectivity index (χ2v) is 13.2. The number of benzene rings is 1. The number of thiazole rings is 1. The fourth-order valence-electron chi connectivity index (χ4n) is 6.39. The van der Waals surface area contributed by atoms with Crippen molar-refractivity contribution in [1.29, 1.82) is 0 Å². The molecule has 5 atom stereocenters. The van der Waals surface area contributed by atoms with Crippen molar-refractivity contribution < 1.29 is 33.3 Å². The van der Waals surface area contributed by atoms with E-state index in [0.717, 1.165) is 34.5 Å². The van der Waals surface area contributed by atoms with Crippen molar-refractivity contribution in [2.45, 2.75) is 77.4 Å². The molecule has 5 unspecified atom stereocenters. The highest BCUT2D eigenvalue weighted by Crippen LogP contribution is 2.34. The lowest BCUT2D eigenvalue weighted by molar-refractivity contribution is -0.451. The fraction of sp³-hybridized carbons (Fsp3) is 0.545. The third-order valence-electron chi connectivity index (χ3n) is 8.91. The Hall–Kier alpha value is -3.45. The van der Waals surface area contributed by atoms with Gasteiger partial charge in [-0.1, -0.05) is 38.1 Å². The Bertz CT molecular complexity index is 1500. The van der Waals surface area contributed by atoms with Crippen LogP contribution in [0.15, 0.2) is 40.4 Å². The average molecular weight is 639 g/mol. The van der Waals surface area contributed by atoms with E-state index in [1.807, 2.05) is 68.1 Å². The molecule has 0 spiro atoms. The van der Waals surface area contributed by atoms with Gasteiger partial charge in [0.1, 0.15) is 12.0 Å². The number of amides is 2. The third-order valence-corrected chi connectivity index (χ3v) is 9.89. The lowest BCUT2D eigenvalue weighted by atomic mass is 9.91. The minimum Gasteiger partial charge on any atom is -0.391 e.